The number of H-pyrrole nitrogens is 1. The van der Waals surface area contributed by atoms with E-state index in [0.717, 1.165) is 0 Å². The maximum atomic E-state index is 14.8. The minimum absolute atomic E-state index is 0.00850. The van der Waals surface area contributed by atoms with E-state index in [1.165, 1.54) is 12.1 Å². The predicted molar refractivity (Wildman–Crippen MR) is 101 cm³/mol. The number of nitrogen functional groups attached to an aromatic ring is 1. The molecule has 4 aromatic rings. The Morgan fingerprint density at radius 2 is 1.89 bits per heavy atom. The van der Waals surface area contributed by atoms with Crippen LogP contribution >= 0.6 is 11.6 Å². The molecule has 7 heteroatoms. The van der Waals surface area contributed by atoms with Gasteiger partial charge in [0.2, 0.25) is 0 Å². The van der Waals surface area contributed by atoms with Gasteiger partial charge in [0.05, 0.1) is 21.8 Å². The number of anilines is 1. The van der Waals surface area contributed by atoms with Gasteiger partial charge >= 0.3 is 0 Å². The van der Waals surface area contributed by atoms with Gasteiger partial charge in [-0.3, -0.25) is 0 Å². The van der Waals surface area contributed by atoms with Gasteiger partial charge in [0.1, 0.15) is 11.9 Å². The van der Waals surface area contributed by atoms with Crippen LogP contribution in [0, 0.1) is 23.0 Å². The number of nitriles is 1. The summed E-state index contributed by atoms with van der Waals surface area (Å²) in [5.74, 6) is -1.66. The molecule has 0 spiro atoms. The fourth-order valence-electron chi connectivity index (χ4n) is 3.11. The molecule has 27 heavy (non-hydrogen) atoms. The second kappa shape index (κ2) is 6.38. The summed E-state index contributed by atoms with van der Waals surface area (Å²) in [7, 11) is 0. The Morgan fingerprint density at radius 1 is 1.15 bits per heavy atom. The first-order chi connectivity index (χ1) is 13.0. The second-order valence-corrected chi connectivity index (χ2v) is 6.31. The standard InChI is InChI=1S/C20H11ClF2N4/c21-15-7-11(22)6-12-14(9-26-19(12)15)18-13(8-24)16(17(23)20(25)27-18)10-4-2-1-3-5-10/h1-7,9,26H,(H2,25,27). The fraction of sp³-hybridized carbons (Fsp3) is 0. The van der Waals surface area contributed by atoms with Crippen LogP contribution < -0.4 is 5.73 Å². The highest BCUT2D eigenvalue weighted by atomic mass is 35.5. The number of nitrogens with zero attached hydrogens (tertiary/aromatic N) is 2. The monoisotopic (exact) mass is 380 g/mol. The van der Waals surface area contributed by atoms with Crippen molar-refractivity contribution in [2.45, 2.75) is 0 Å². The molecule has 0 aliphatic rings. The quantitative estimate of drug-likeness (QED) is 0.496. The molecule has 2 aromatic heterocycles. The third-order valence-electron chi connectivity index (χ3n) is 4.30. The molecule has 3 N–H and O–H groups in total. The average molecular weight is 381 g/mol. The van der Waals surface area contributed by atoms with E-state index in [1.54, 1.807) is 36.5 Å². The Labute approximate surface area is 157 Å². The molecule has 0 fully saturated rings. The van der Waals surface area contributed by atoms with Gasteiger partial charge < -0.3 is 10.7 Å². The highest BCUT2D eigenvalue weighted by Gasteiger charge is 2.23. The van der Waals surface area contributed by atoms with Crippen molar-refractivity contribution in [3.63, 3.8) is 0 Å². The zero-order valence-corrected chi connectivity index (χ0v) is 14.5. The van der Waals surface area contributed by atoms with Gasteiger partial charge in [-0.2, -0.15) is 5.26 Å². The van der Waals surface area contributed by atoms with Gasteiger partial charge in [0.15, 0.2) is 11.6 Å². The molecular weight excluding hydrogens is 370 g/mol. The molecule has 4 nitrogen and oxygen atoms in total. The average Bonchev–Trinajstić information content (AvgIpc) is 3.08. The van der Waals surface area contributed by atoms with Crippen LogP contribution in [0.15, 0.2) is 48.7 Å². The largest absolute Gasteiger partial charge is 0.381 e. The Morgan fingerprint density at radius 3 is 2.59 bits per heavy atom. The van der Waals surface area contributed by atoms with E-state index in [4.69, 9.17) is 17.3 Å². The predicted octanol–water partition coefficient (Wildman–Crippen LogP) is 5.28. The zero-order chi connectivity index (χ0) is 19.1. The summed E-state index contributed by atoms with van der Waals surface area (Å²) in [5, 5.41) is 10.4. The van der Waals surface area contributed by atoms with Crippen LogP contribution in [0.4, 0.5) is 14.6 Å². The summed E-state index contributed by atoms with van der Waals surface area (Å²) in [6, 6.07) is 13.1. The van der Waals surface area contributed by atoms with Crippen LogP contribution in [0.5, 0.6) is 0 Å². The second-order valence-electron chi connectivity index (χ2n) is 5.90. The molecule has 0 radical (unpaired) electrons. The molecule has 132 valence electrons. The molecule has 0 saturated carbocycles. The Hall–Kier alpha value is -3.43. The number of halogens is 3. The number of nitrogens with one attached hydrogen (secondary N) is 1. The third-order valence-corrected chi connectivity index (χ3v) is 4.60. The Kier molecular flexibility index (Phi) is 4.02. The summed E-state index contributed by atoms with van der Waals surface area (Å²) in [6.07, 6.45) is 1.55. The van der Waals surface area contributed by atoms with Gasteiger partial charge in [-0.25, -0.2) is 13.8 Å². The molecule has 0 aliphatic heterocycles. The Balaban J connectivity index is 2.09. The number of pyridine rings is 1. The first-order valence-corrected chi connectivity index (χ1v) is 8.30. The van der Waals surface area contributed by atoms with E-state index in [1.807, 2.05) is 6.07 Å². The minimum Gasteiger partial charge on any atom is -0.381 e. The lowest BCUT2D eigenvalue weighted by Gasteiger charge is -2.12. The van der Waals surface area contributed by atoms with Gasteiger partial charge in [-0.15, -0.1) is 0 Å². The number of aromatic amines is 1. The maximum Gasteiger partial charge on any atom is 0.174 e. The number of rotatable bonds is 2. The molecule has 2 heterocycles. The van der Waals surface area contributed by atoms with Gasteiger partial charge in [0.25, 0.3) is 0 Å². The van der Waals surface area contributed by atoms with Crippen LogP contribution in [0.3, 0.4) is 0 Å². The molecule has 0 amide bonds. The van der Waals surface area contributed by atoms with Crippen molar-refractivity contribution < 1.29 is 8.78 Å². The number of nitrogens with two attached hydrogens (primary N) is 1. The highest BCUT2D eigenvalue weighted by molar-refractivity contribution is 6.35. The molecule has 0 saturated heterocycles. The number of hydrogen-bond donors (Lipinski definition) is 2. The zero-order valence-electron chi connectivity index (χ0n) is 13.7. The van der Waals surface area contributed by atoms with Crippen molar-refractivity contribution in [2.75, 3.05) is 5.73 Å². The molecule has 2 aromatic carbocycles. The molecule has 0 aliphatic carbocycles. The van der Waals surface area contributed by atoms with Crippen molar-refractivity contribution in [3.8, 4) is 28.5 Å². The van der Waals surface area contributed by atoms with Crippen molar-refractivity contribution in [1.29, 1.82) is 5.26 Å². The number of hydrogen-bond acceptors (Lipinski definition) is 3. The number of fused-ring (bicyclic) bond motifs is 1. The van der Waals surface area contributed by atoms with Crippen LogP contribution in [-0.4, -0.2) is 9.97 Å². The molecule has 0 bridgehead atoms. The molecule has 4 rings (SSSR count). The highest BCUT2D eigenvalue weighted by Crippen LogP contribution is 2.39. The van der Waals surface area contributed by atoms with Crippen LogP contribution in [-0.2, 0) is 0 Å². The topological polar surface area (TPSA) is 78.5 Å². The summed E-state index contributed by atoms with van der Waals surface area (Å²) >= 11 is 6.08. The van der Waals surface area contributed by atoms with E-state index < -0.39 is 11.6 Å². The van der Waals surface area contributed by atoms with Crippen LogP contribution in [0.1, 0.15) is 5.56 Å². The summed E-state index contributed by atoms with van der Waals surface area (Å²) < 4.78 is 28.6. The first-order valence-electron chi connectivity index (χ1n) is 7.92. The molecular formula is C20H11ClF2N4. The number of aromatic nitrogens is 2. The summed E-state index contributed by atoms with van der Waals surface area (Å²) in [4.78, 5) is 7.02. The normalized spacial score (nSPS) is 10.9. The van der Waals surface area contributed by atoms with E-state index in [-0.39, 0.29) is 27.7 Å². The van der Waals surface area contributed by atoms with Crippen molar-refractivity contribution in [3.05, 3.63) is 70.9 Å². The van der Waals surface area contributed by atoms with E-state index in [9.17, 15) is 14.0 Å². The summed E-state index contributed by atoms with van der Waals surface area (Å²) in [6.45, 7) is 0. The van der Waals surface area contributed by atoms with E-state index >= 15 is 0 Å². The lowest BCUT2D eigenvalue weighted by atomic mass is 9.95. The van der Waals surface area contributed by atoms with Gasteiger partial charge in [-0.1, -0.05) is 41.9 Å². The SMILES string of the molecule is N#Cc1c(-c2c[nH]c3c(Cl)cc(F)cc23)nc(N)c(F)c1-c1ccccc1. The molecule has 0 unspecified atom stereocenters. The van der Waals surface area contributed by atoms with Gasteiger partial charge in [-0.05, 0) is 17.7 Å². The van der Waals surface area contributed by atoms with Gasteiger partial charge in [0, 0.05) is 22.7 Å². The maximum absolute atomic E-state index is 14.8. The van der Waals surface area contributed by atoms with Crippen molar-refractivity contribution in [1.82, 2.24) is 9.97 Å². The first kappa shape index (κ1) is 17.0. The lowest BCUT2D eigenvalue weighted by Crippen LogP contribution is -2.03. The number of benzene rings is 2. The van der Waals surface area contributed by atoms with Crippen LogP contribution in [0.2, 0.25) is 5.02 Å². The smallest absolute Gasteiger partial charge is 0.174 e. The van der Waals surface area contributed by atoms with E-state index in [0.29, 0.717) is 22.0 Å². The fourth-order valence-corrected chi connectivity index (χ4v) is 3.37. The van der Waals surface area contributed by atoms with Crippen molar-refractivity contribution in [2.24, 2.45) is 0 Å². The van der Waals surface area contributed by atoms with Crippen LogP contribution in [0.25, 0.3) is 33.3 Å². The minimum atomic E-state index is -0.773. The van der Waals surface area contributed by atoms with E-state index in [2.05, 4.69) is 9.97 Å². The lowest BCUT2D eigenvalue weighted by molar-refractivity contribution is 0.629. The van der Waals surface area contributed by atoms with Crippen molar-refractivity contribution >= 4 is 28.3 Å². The Bertz CT molecular complexity index is 1230. The molecule has 0 atom stereocenters. The third kappa shape index (κ3) is 2.69. The summed E-state index contributed by atoms with van der Waals surface area (Å²) in [5.41, 5.74) is 7.39.